The van der Waals surface area contributed by atoms with Gasteiger partial charge in [0.2, 0.25) is 5.91 Å². The minimum absolute atomic E-state index is 0.0235. The van der Waals surface area contributed by atoms with Crippen molar-refractivity contribution in [2.24, 2.45) is 23.5 Å². The smallest absolute Gasteiger partial charge is 0.223 e. The molecule has 0 aromatic carbocycles. The summed E-state index contributed by atoms with van der Waals surface area (Å²) in [7, 11) is 0. The summed E-state index contributed by atoms with van der Waals surface area (Å²) in [5.41, 5.74) is 9.31. The summed E-state index contributed by atoms with van der Waals surface area (Å²) in [6, 6.07) is 3.96. The standard InChI is InChI=1S/C21H31N5O/c1-14-4-2-5-15(8-7-14)20(22)18-13-26-19(24-18)10-9-17(25-26)12-16-6-3-11-23-21(16)27/h9-10,13-16,20H,2-8,11-12,22H2,1H3,(H,23,27). The van der Waals surface area contributed by atoms with Gasteiger partial charge in [-0.05, 0) is 49.7 Å². The van der Waals surface area contributed by atoms with E-state index in [2.05, 4.69) is 12.2 Å². The number of hydrogen-bond acceptors (Lipinski definition) is 4. The van der Waals surface area contributed by atoms with Gasteiger partial charge in [-0.25, -0.2) is 9.50 Å². The Bertz CT molecular complexity index is 801. The minimum Gasteiger partial charge on any atom is -0.356 e. The molecule has 0 spiro atoms. The van der Waals surface area contributed by atoms with Crippen molar-refractivity contribution in [3.8, 4) is 0 Å². The van der Waals surface area contributed by atoms with E-state index in [9.17, 15) is 4.79 Å². The van der Waals surface area contributed by atoms with Gasteiger partial charge in [0.15, 0.2) is 5.65 Å². The number of rotatable bonds is 4. The maximum atomic E-state index is 12.0. The van der Waals surface area contributed by atoms with Crippen LogP contribution in [0, 0.1) is 17.8 Å². The maximum absolute atomic E-state index is 12.0. The minimum atomic E-state index is -0.0235. The molecule has 4 rings (SSSR count). The summed E-state index contributed by atoms with van der Waals surface area (Å²) in [4.78, 5) is 16.7. The number of carbonyl (C=O) groups excluding carboxylic acids is 1. The molecule has 2 fully saturated rings. The van der Waals surface area contributed by atoms with Crippen molar-refractivity contribution in [1.82, 2.24) is 19.9 Å². The van der Waals surface area contributed by atoms with Crippen LogP contribution in [0.2, 0.25) is 0 Å². The number of carbonyl (C=O) groups is 1. The van der Waals surface area contributed by atoms with Crippen LogP contribution in [0.25, 0.3) is 5.65 Å². The molecule has 3 heterocycles. The number of nitrogens with one attached hydrogen (secondary N) is 1. The predicted octanol–water partition coefficient (Wildman–Crippen LogP) is 3.01. The topological polar surface area (TPSA) is 85.3 Å². The highest BCUT2D eigenvalue weighted by Gasteiger charge is 2.26. The molecule has 0 bridgehead atoms. The molecule has 4 atom stereocenters. The van der Waals surface area contributed by atoms with Crippen molar-refractivity contribution < 1.29 is 4.79 Å². The molecule has 2 aromatic rings. The van der Waals surface area contributed by atoms with Crippen LogP contribution in [0.3, 0.4) is 0 Å². The largest absolute Gasteiger partial charge is 0.356 e. The molecule has 146 valence electrons. The second-order valence-corrected chi connectivity index (χ2v) is 8.53. The lowest BCUT2D eigenvalue weighted by atomic mass is 9.90. The van der Waals surface area contributed by atoms with Gasteiger partial charge in [0.25, 0.3) is 0 Å². The highest BCUT2D eigenvalue weighted by molar-refractivity contribution is 5.79. The van der Waals surface area contributed by atoms with Gasteiger partial charge < -0.3 is 11.1 Å². The van der Waals surface area contributed by atoms with Crippen molar-refractivity contribution in [3.63, 3.8) is 0 Å². The molecular formula is C21H31N5O. The Morgan fingerprint density at radius 2 is 2.11 bits per heavy atom. The van der Waals surface area contributed by atoms with E-state index in [0.29, 0.717) is 12.3 Å². The lowest BCUT2D eigenvalue weighted by Crippen LogP contribution is -2.37. The first-order chi connectivity index (χ1) is 13.1. The molecule has 1 aliphatic carbocycles. The molecular weight excluding hydrogens is 338 g/mol. The number of piperidine rings is 1. The van der Waals surface area contributed by atoms with E-state index in [1.165, 1.54) is 32.1 Å². The lowest BCUT2D eigenvalue weighted by molar-refractivity contribution is -0.126. The number of hydrogen-bond donors (Lipinski definition) is 2. The predicted molar refractivity (Wildman–Crippen MR) is 105 cm³/mol. The Morgan fingerprint density at radius 1 is 1.22 bits per heavy atom. The van der Waals surface area contributed by atoms with Crippen molar-refractivity contribution in [2.45, 2.75) is 64.3 Å². The molecule has 6 nitrogen and oxygen atoms in total. The van der Waals surface area contributed by atoms with Crippen molar-refractivity contribution in [1.29, 1.82) is 0 Å². The van der Waals surface area contributed by atoms with Gasteiger partial charge >= 0.3 is 0 Å². The summed E-state index contributed by atoms with van der Waals surface area (Å²) in [5.74, 6) is 1.50. The maximum Gasteiger partial charge on any atom is 0.223 e. The van der Waals surface area contributed by atoms with Gasteiger partial charge in [-0.15, -0.1) is 0 Å². The zero-order valence-corrected chi connectivity index (χ0v) is 16.2. The SMILES string of the molecule is CC1CCCC(C(N)c2cn3nc(CC4CCCNC4=O)ccc3n2)CC1. The highest BCUT2D eigenvalue weighted by Crippen LogP contribution is 2.33. The molecule has 6 heteroatoms. The third-order valence-electron chi connectivity index (χ3n) is 6.40. The molecule has 27 heavy (non-hydrogen) atoms. The summed E-state index contributed by atoms with van der Waals surface area (Å²) >= 11 is 0. The second kappa shape index (κ2) is 7.97. The fraction of sp³-hybridized carbons (Fsp3) is 0.667. The first kappa shape index (κ1) is 18.4. The molecule has 2 aliphatic rings. The Kier molecular flexibility index (Phi) is 5.43. The first-order valence-corrected chi connectivity index (χ1v) is 10.5. The molecule has 1 aliphatic heterocycles. The lowest BCUT2D eigenvalue weighted by Gasteiger charge is -2.21. The van der Waals surface area contributed by atoms with Crippen LogP contribution in [-0.2, 0) is 11.2 Å². The summed E-state index contributed by atoms with van der Waals surface area (Å²) in [5, 5.41) is 7.65. The number of aromatic nitrogens is 3. The fourth-order valence-electron chi connectivity index (χ4n) is 4.61. The van der Waals surface area contributed by atoms with Gasteiger partial charge in [0.1, 0.15) is 0 Å². The Hall–Kier alpha value is -1.95. The molecule has 1 saturated heterocycles. The second-order valence-electron chi connectivity index (χ2n) is 8.53. The van der Waals surface area contributed by atoms with Gasteiger partial charge in [0.05, 0.1) is 23.6 Å². The third kappa shape index (κ3) is 4.15. The Morgan fingerprint density at radius 3 is 2.96 bits per heavy atom. The average molecular weight is 370 g/mol. The molecule has 1 amide bonds. The first-order valence-electron chi connectivity index (χ1n) is 10.5. The molecule has 4 unspecified atom stereocenters. The van der Waals surface area contributed by atoms with Crippen LogP contribution in [0.1, 0.15) is 69.3 Å². The molecule has 2 aromatic heterocycles. The van der Waals surface area contributed by atoms with Crippen molar-refractivity contribution in [2.75, 3.05) is 6.54 Å². The van der Waals surface area contributed by atoms with E-state index in [1.807, 2.05) is 22.8 Å². The monoisotopic (exact) mass is 369 g/mol. The molecule has 1 saturated carbocycles. The average Bonchev–Trinajstić information content (AvgIpc) is 2.97. The Balaban J connectivity index is 1.49. The van der Waals surface area contributed by atoms with Gasteiger partial charge in [-0.2, -0.15) is 5.10 Å². The van der Waals surface area contributed by atoms with Crippen LogP contribution in [0.4, 0.5) is 0 Å². The van der Waals surface area contributed by atoms with Crippen LogP contribution >= 0.6 is 0 Å². The van der Waals surface area contributed by atoms with E-state index in [0.717, 1.165) is 42.3 Å². The zero-order chi connectivity index (χ0) is 18.8. The number of nitrogens with two attached hydrogens (primary N) is 1. The van der Waals surface area contributed by atoms with E-state index < -0.39 is 0 Å². The number of amides is 1. The third-order valence-corrected chi connectivity index (χ3v) is 6.40. The van der Waals surface area contributed by atoms with Crippen LogP contribution in [0.15, 0.2) is 18.3 Å². The van der Waals surface area contributed by atoms with E-state index in [1.54, 1.807) is 0 Å². The normalized spacial score (nSPS) is 27.9. The number of fused-ring (bicyclic) bond motifs is 1. The van der Waals surface area contributed by atoms with Crippen LogP contribution < -0.4 is 11.1 Å². The van der Waals surface area contributed by atoms with Gasteiger partial charge in [0, 0.05) is 18.9 Å². The molecule has 0 radical (unpaired) electrons. The van der Waals surface area contributed by atoms with E-state index in [4.69, 9.17) is 15.8 Å². The number of imidazole rings is 1. The number of nitrogens with zero attached hydrogens (tertiary/aromatic N) is 3. The van der Waals surface area contributed by atoms with Crippen molar-refractivity contribution in [3.05, 3.63) is 29.7 Å². The van der Waals surface area contributed by atoms with E-state index in [-0.39, 0.29) is 17.9 Å². The summed E-state index contributed by atoms with van der Waals surface area (Å²) < 4.78 is 1.84. The quantitative estimate of drug-likeness (QED) is 0.811. The summed E-state index contributed by atoms with van der Waals surface area (Å²) in [6.07, 6.45) is 10.9. The van der Waals surface area contributed by atoms with Crippen molar-refractivity contribution >= 4 is 11.6 Å². The van der Waals surface area contributed by atoms with Crippen LogP contribution in [-0.4, -0.2) is 27.0 Å². The zero-order valence-electron chi connectivity index (χ0n) is 16.2. The van der Waals surface area contributed by atoms with Gasteiger partial charge in [-0.1, -0.05) is 26.2 Å². The fourth-order valence-corrected chi connectivity index (χ4v) is 4.61. The van der Waals surface area contributed by atoms with E-state index >= 15 is 0 Å². The highest BCUT2D eigenvalue weighted by atomic mass is 16.1. The summed E-state index contributed by atoms with van der Waals surface area (Å²) in [6.45, 7) is 3.14. The Labute approximate surface area is 160 Å². The molecule has 3 N–H and O–H groups in total. The van der Waals surface area contributed by atoms with Crippen LogP contribution in [0.5, 0.6) is 0 Å². The van der Waals surface area contributed by atoms with Gasteiger partial charge in [-0.3, -0.25) is 4.79 Å².